The molecule has 2 aliphatic heterocycles. The van der Waals surface area contributed by atoms with E-state index < -0.39 is 0 Å². The topological polar surface area (TPSA) is 70.4 Å². The third-order valence-electron chi connectivity index (χ3n) is 5.05. The number of carbonyl (C=O) groups excluding carboxylic acids is 1. The maximum absolute atomic E-state index is 12.4. The lowest BCUT2D eigenvalue weighted by molar-refractivity contribution is -0.110. The minimum absolute atomic E-state index is 0.0961. The molecular weight excluding hydrogens is 324 g/mol. The van der Waals surface area contributed by atoms with Crippen molar-refractivity contribution < 1.29 is 4.79 Å². The summed E-state index contributed by atoms with van der Waals surface area (Å²) in [5.74, 6) is -0.0961. The number of nitrogens with two attached hydrogens (primary N) is 1. The van der Waals surface area contributed by atoms with Gasteiger partial charge in [0.1, 0.15) is 0 Å². The lowest BCUT2D eigenvalue weighted by atomic mass is 10.0. The van der Waals surface area contributed by atoms with Crippen LogP contribution in [0, 0.1) is 0 Å². The monoisotopic (exact) mass is 348 g/mol. The molecule has 0 saturated carbocycles. The normalized spacial score (nSPS) is 18.6. The van der Waals surface area contributed by atoms with Gasteiger partial charge in [-0.3, -0.25) is 9.69 Å². The summed E-state index contributed by atoms with van der Waals surface area (Å²) in [6.07, 6.45) is 2.61. The number of anilines is 3. The van der Waals surface area contributed by atoms with Crippen LogP contribution < -0.4 is 16.4 Å². The van der Waals surface area contributed by atoms with Crippen molar-refractivity contribution in [2.45, 2.75) is 26.3 Å². The Labute approximate surface area is 153 Å². The number of hydrogen-bond donors (Lipinski definition) is 3. The second kappa shape index (κ2) is 6.84. The number of rotatable bonds is 4. The SMILES string of the molecule is C/C(Nc1ccc(CN2CCCC2)cc1)=C1/C(=O)Nc2ccc(N)cc21. The number of carbonyl (C=O) groups is 1. The van der Waals surface area contributed by atoms with Gasteiger partial charge in [-0.1, -0.05) is 12.1 Å². The summed E-state index contributed by atoms with van der Waals surface area (Å²) in [6.45, 7) is 5.33. The number of hydrogen-bond acceptors (Lipinski definition) is 4. The molecule has 1 fully saturated rings. The molecule has 0 aliphatic carbocycles. The highest BCUT2D eigenvalue weighted by molar-refractivity contribution is 6.32. The fraction of sp³-hybridized carbons (Fsp3) is 0.286. The van der Waals surface area contributed by atoms with Crippen LogP contribution in [0.1, 0.15) is 30.9 Å². The molecule has 1 saturated heterocycles. The Morgan fingerprint density at radius 1 is 1.15 bits per heavy atom. The van der Waals surface area contributed by atoms with E-state index in [-0.39, 0.29) is 5.91 Å². The highest BCUT2D eigenvalue weighted by Crippen LogP contribution is 2.35. The van der Waals surface area contributed by atoms with Gasteiger partial charge in [-0.2, -0.15) is 0 Å². The molecule has 134 valence electrons. The Morgan fingerprint density at radius 3 is 2.62 bits per heavy atom. The number of benzene rings is 2. The van der Waals surface area contributed by atoms with Gasteiger partial charge in [-0.25, -0.2) is 0 Å². The first-order chi connectivity index (χ1) is 12.6. The van der Waals surface area contributed by atoms with Crippen LogP contribution in [0.25, 0.3) is 5.57 Å². The molecule has 0 unspecified atom stereocenters. The zero-order chi connectivity index (χ0) is 18.1. The third kappa shape index (κ3) is 3.30. The van der Waals surface area contributed by atoms with Gasteiger partial charge < -0.3 is 16.4 Å². The molecule has 0 radical (unpaired) electrons. The molecule has 2 aromatic carbocycles. The van der Waals surface area contributed by atoms with Crippen LogP contribution >= 0.6 is 0 Å². The summed E-state index contributed by atoms with van der Waals surface area (Å²) in [5, 5.41) is 6.25. The van der Waals surface area contributed by atoms with Gasteiger partial charge in [0.25, 0.3) is 5.91 Å². The van der Waals surface area contributed by atoms with Crippen LogP contribution in [0.4, 0.5) is 17.1 Å². The fourth-order valence-corrected chi connectivity index (χ4v) is 3.73. The smallest absolute Gasteiger partial charge is 0.258 e. The number of fused-ring (bicyclic) bond motifs is 1. The zero-order valence-corrected chi connectivity index (χ0v) is 15.0. The Hall–Kier alpha value is -2.79. The maximum atomic E-state index is 12.4. The second-order valence-corrected chi connectivity index (χ2v) is 7.06. The predicted octanol–water partition coefficient (Wildman–Crippen LogP) is 3.66. The van der Waals surface area contributed by atoms with Crippen LogP contribution in [0.5, 0.6) is 0 Å². The van der Waals surface area contributed by atoms with E-state index in [0.717, 1.165) is 29.2 Å². The predicted molar refractivity (Wildman–Crippen MR) is 107 cm³/mol. The number of nitrogens with one attached hydrogen (secondary N) is 2. The van der Waals surface area contributed by atoms with Gasteiger partial charge in [-0.15, -0.1) is 0 Å². The molecule has 4 N–H and O–H groups in total. The van der Waals surface area contributed by atoms with E-state index in [1.807, 2.05) is 19.1 Å². The molecule has 0 spiro atoms. The van der Waals surface area contributed by atoms with Crippen molar-refractivity contribution in [3.05, 3.63) is 59.3 Å². The molecule has 5 nitrogen and oxygen atoms in total. The van der Waals surface area contributed by atoms with Crippen molar-refractivity contribution in [2.24, 2.45) is 0 Å². The number of amides is 1. The number of likely N-dealkylation sites (tertiary alicyclic amines) is 1. The molecule has 2 aliphatic rings. The summed E-state index contributed by atoms with van der Waals surface area (Å²) in [7, 11) is 0. The first kappa shape index (κ1) is 16.7. The summed E-state index contributed by atoms with van der Waals surface area (Å²) in [5.41, 5.74) is 12.0. The fourth-order valence-electron chi connectivity index (χ4n) is 3.73. The molecule has 0 bridgehead atoms. The van der Waals surface area contributed by atoms with Crippen LogP contribution in [-0.2, 0) is 11.3 Å². The van der Waals surface area contributed by atoms with Gasteiger partial charge in [0.2, 0.25) is 0 Å². The third-order valence-corrected chi connectivity index (χ3v) is 5.05. The molecule has 2 heterocycles. The van der Waals surface area contributed by atoms with Crippen molar-refractivity contribution in [1.29, 1.82) is 0 Å². The standard InChI is InChI=1S/C21H24N4O/c1-14(20-18-12-16(22)6-9-19(18)24-21(20)26)23-17-7-4-15(5-8-17)13-25-10-2-3-11-25/h4-9,12,23H,2-3,10-11,13,22H2,1H3,(H,24,26)/b20-14-. The molecular formula is C21H24N4O. The summed E-state index contributed by atoms with van der Waals surface area (Å²) in [6, 6.07) is 13.9. The Balaban J connectivity index is 1.52. The minimum atomic E-state index is -0.0961. The number of allylic oxidation sites excluding steroid dienone is 1. The van der Waals surface area contributed by atoms with Crippen molar-refractivity contribution in [3.63, 3.8) is 0 Å². The van der Waals surface area contributed by atoms with Crippen LogP contribution in [0.2, 0.25) is 0 Å². The van der Waals surface area contributed by atoms with E-state index in [0.29, 0.717) is 11.3 Å². The van der Waals surface area contributed by atoms with Gasteiger partial charge in [0.15, 0.2) is 0 Å². The Kier molecular flexibility index (Phi) is 4.39. The van der Waals surface area contributed by atoms with E-state index >= 15 is 0 Å². The van der Waals surface area contributed by atoms with Crippen molar-refractivity contribution in [2.75, 3.05) is 29.5 Å². The summed E-state index contributed by atoms with van der Waals surface area (Å²) in [4.78, 5) is 14.9. The van der Waals surface area contributed by atoms with Crippen molar-refractivity contribution >= 4 is 28.5 Å². The average molecular weight is 348 g/mol. The maximum Gasteiger partial charge on any atom is 0.258 e. The molecule has 26 heavy (non-hydrogen) atoms. The van der Waals surface area contributed by atoms with Crippen LogP contribution in [0.3, 0.4) is 0 Å². The molecule has 2 aromatic rings. The van der Waals surface area contributed by atoms with Crippen LogP contribution in [0.15, 0.2) is 48.2 Å². The highest BCUT2D eigenvalue weighted by Gasteiger charge is 2.26. The minimum Gasteiger partial charge on any atom is -0.399 e. The zero-order valence-electron chi connectivity index (χ0n) is 15.0. The lowest BCUT2D eigenvalue weighted by Crippen LogP contribution is -2.18. The van der Waals surface area contributed by atoms with E-state index in [1.165, 1.54) is 31.5 Å². The average Bonchev–Trinajstić information content (AvgIpc) is 3.23. The molecule has 5 heteroatoms. The molecule has 0 aromatic heterocycles. The van der Waals surface area contributed by atoms with Crippen LogP contribution in [-0.4, -0.2) is 23.9 Å². The van der Waals surface area contributed by atoms with E-state index in [2.05, 4.69) is 39.8 Å². The number of nitrogens with zero attached hydrogens (tertiary/aromatic N) is 1. The van der Waals surface area contributed by atoms with Crippen molar-refractivity contribution in [3.8, 4) is 0 Å². The molecule has 0 atom stereocenters. The van der Waals surface area contributed by atoms with E-state index in [4.69, 9.17) is 5.73 Å². The van der Waals surface area contributed by atoms with Gasteiger partial charge in [0, 0.05) is 34.9 Å². The molecule has 1 amide bonds. The first-order valence-electron chi connectivity index (χ1n) is 9.10. The van der Waals surface area contributed by atoms with Gasteiger partial charge >= 0.3 is 0 Å². The van der Waals surface area contributed by atoms with E-state index in [9.17, 15) is 4.79 Å². The largest absolute Gasteiger partial charge is 0.399 e. The Bertz CT molecular complexity index is 864. The van der Waals surface area contributed by atoms with Gasteiger partial charge in [0.05, 0.1) is 5.57 Å². The summed E-state index contributed by atoms with van der Waals surface area (Å²) < 4.78 is 0. The van der Waals surface area contributed by atoms with E-state index in [1.54, 1.807) is 6.07 Å². The highest BCUT2D eigenvalue weighted by atomic mass is 16.2. The van der Waals surface area contributed by atoms with Crippen molar-refractivity contribution in [1.82, 2.24) is 4.90 Å². The second-order valence-electron chi connectivity index (χ2n) is 7.06. The number of nitrogen functional groups attached to an aromatic ring is 1. The van der Waals surface area contributed by atoms with Gasteiger partial charge in [-0.05, 0) is 68.8 Å². The Morgan fingerprint density at radius 2 is 1.88 bits per heavy atom. The quantitative estimate of drug-likeness (QED) is 0.582. The first-order valence-corrected chi connectivity index (χ1v) is 9.10. The molecule has 4 rings (SSSR count). The summed E-state index contributed by atoms with van der Waals surface area (Å²) >= 11 is 0. The lowest BCUT2D eigenvalue weighted by Gasteiger charge is -2.15.